The maximum Gasteiger partial charge on any atom is 0.262 e. The molecule has 0 saturated carbocycles. The van der Waals surface area contributed by atoms with Crippen LogP contribution in [0, 0.1) is 0 Å². The average Bonchev–Trinajstić information content (AvgIpc) is 3.14. The van der Waals surface area contributed by atoms with Gasteiger partial charge in [0, 0.05) is 5.69 Å². The Labute approximate surface area is 168 Å². The Hall–Kier alpha value is -3.23. The predicted octanol–water partition coefficient (Wildman–Crippen LogP) is 2.31. The van der Waals surface area contributed by atoms with E-state index in [0.29, 0.717) is 19.0 Å². The van der Waals surface area contributed by atoms with Crippen LogP contribution in [-0.2, 0) is 19.1 Å². The van der Waals surface area contributed by atoms with Crippen molar-refractivity contribution in [1.82, 2.24) is 5.43 Å². The Morgan fingerprint density at radius 1 is 1.07 bits per heavy atom. The van der Waals surface area contributed by atoms with E-state index in [1.165, 1.54) is 6.21 Å². The summed E-state index contributed by atoms with van der Waals surface area (Å²) in [7, 11) is 0. The van der Waals surface area contributed by atoms with Crippen molar-refractivity contribution >= 4 is 23.7 Å². The van der Waals surface area contributed by atoms with Crippen molar-refractivity contribution in [2.75, 3.05) is 25.1 Å². The molecule has 1 fully saturated rings. The molecule has 2 N–H and O–H groups in total. The van der Waals surface area contributed by atoms with Gasteiger partial charge >= 0.3 is 0 Å². The molecular formula is C21H23N3O5. The Morgan fingerprint density at radius 3 is 2.45 bits per heavy atom. The van der Waals surface area contributed by atoms with Crippen LogP contribution in [0.1, 0.15) is 18.9 Å². The minimum atomic E-state index is -0.884. The Bertz CT molecular complexity index is 846. The summed E-state index contributed by atoms with van der Waals surface area (Å²) in [6, 6.07) is 16.2. The molecule has 8 heteroatoms. The summed E-state index contributed by atoms with van der Waals surface area (Å²) in [6.45, 7) is 2.59. The number of amides is 2. The first kappa shape index (κ1) is 20.5. The third-order valence-corrected chi connectivity index (χ3v) is 4.09. The Kier molecular flexibility index (Phi) is 6.94. The smallest absolute Gasteiger partial charge is 0.262 e. The van der Waals surface area contributed by atoms with Gasteiger partial charge in [0.1, 0.15) is 5.75 Å². The summed E-state index contributed by atoms with van der Waals surface area (Å²) in [5, 5.41) is 6.67. The van der Waals surface area contributed by atoms with Gasteiger partial charge in [0.25, 0.3) is 5.91 Å². The second kappa shape index (κ2) is 9.81. The third-order valence-electron chi connectivity index (χ3n) is 4.09. The standard InChI is InChI=1S/C21H23N3O5/c1-21(28-11-12-29-21)13-19(25)24-22-14-16-7-9-18(10-8-16)27-15-20(26)23-17-5-3-2-4-6-17/h2-10,14H,11-13,15H2,1H3,(H,23,26)(H,24,25)/b22-14-. The van der Waals surface area contributed by atoms with Gasteiger partial charge in [0.2, 0.25) is 5.91 Å². The first-order valence-electron chi connectivity index (χ1n) is 9.20. The molecule has 29 heavy (non-hydrogen) atoms. The van der Waals surface area contributed by atoms with E-state index in [4.69, 9.17) is 14.2 Å². The van der Waals surface area contributed by atoms with Gasteiger partial charge in [0.15, 0.2) is 12.4 Å². The van der Waals surface area contributed by atoms with Gasteiger partial charge in [-0.15, -0.1) is 0 Å². The lowest BCUT2D eigenvalue weighted by molar-refractivity contribution is -0.159. The highest BCUT2D eigenvalue weighted by molar-refractivity contribution is 5.91. The molecule has 0 aliphatic carbocycles. The van der Waals surface area contributed by atoms with E-state index in [1.807, 2.05) is 18.2 Å². The minimum Gasteiger partial charge on any atom is -0.484 e. The zero-order chi connectivity index (χ0) is 20.5. The first-order valence-corrected chi connectivity index (χ1v) is 9.20. The molecule has 1 aliphatic heterocycles. The number of para-hydroxylation sites is 1. The van der Waals surface area contributed by atoms with Crippen molar-refractivity contribution in [3.8, 4) is 5.75 Å². The molecule has 1 aliphatic rings. The van der Waals surface area contributed by atoms with E-state index in [0.717, 1.165) is 11.3 Å². The van der Waals surface area contributed by atoms with Crippen LogP contribution in [0.2, 0.25) is 0 Å². The minimum absolute atomic E-state index is 0.0716. The lowest BCUT2D eigenvalue weighted by Gasteiger charge is -2.20. The van der Waals surface area contributed by atoms with E-state index in [-0.39, 0.29) is 24.8 Å². The summed E-state index contributed by atoms with van der Waals surface area (Å²) < 4.78 is 16.2. The van der Waals surface area contributed by atoms with Crippen LogP contribution in [0.3, 0.4) is 0 Å². The number of nitrogens with one attached hydrogen (secondary N) is 2. The maximum atomic E-state index is 11.9. The van der Waals surface area contributed by atoms with Crippen LogP contribution < -0.4 is 15.5 Å². The molecule has 0 aromatic heterocycles. The van der Waals surface area contributed by atoms with E-state index in [1.54, 1.807) is 43.3 Å². The quantitative estimate of drug-likeness (QED) is 0.526. The molecule has 152 valence electrons. The fraction of sp³-hybridized carbons (Fsp3) is 0.286. The SMILES string of the molecule is CC1(CC(=O)N/N=C\c2ccc(OCC(=O)Nc3ccccc3)cc2)OCCO1. The highest BCUT2D eigenvalue weighted by Crippen LogP contribution is 2.22. The van der Waals surface area contributed by atoms with Gasteiger partial charge in [-0.05, 0) is 48.9 Å². The maximum absolute atomic E-state index is 11.9. The molecular weight excluding hydrogens is 374 g/mol. The lowest BCUT2D eigenvalue weighted by Crippen LogP contribution is -2.33. The summed E-state index contributed by atoms with van der Waals surface area (Å²) in [5.41, 5.74) is 3.93. The zero-order valence-corrected chi connectivity index (χ0v) is 16.1. The monoisotopic (exact) mass is 397 g/mol. The molecule has 1 heterocycles. The van der Waals surface area contributed by atoms with Crippen LogP contribution in [0.4, 0.5) is 5.69 Å². The molecule has 1 saturated heterocycles. The van der Waals surface area contributed by atoms with Crippen molar-refractivity contribution < 1.29 is 23.8 Å². The van der Waals surface area contributed by atoms with Crippen molar-refractivity contribution in [1.29, 1.82) is 0 Å². The highest BCUT2D eigenvalue weighted by Gasteiger charge is 2.33. The number of hydrazone groups is 1. The van der Waals surface area contributed by atoms with Crippen LogP contribution in [-0.4, -0.2) is 43.6 Å². The van der Waals surface area contributed by atoms with Crippen molar-refractivity contribution in [3.63, 3.8) is 0 Å². The van der Waals surface area contributed by atoms with Gasteiger partial charge < -0.3 is 19.5 Å². The third kappa shape index (κ3) is 6.70. The molecule has 0 radical (unpaired) electrons. The molecule has 8 nitrogen and oxygen atoms in total. The number of carbonyl (C=O) groups is 2. The fourth-order valence-electron chi connectivity index (χ4n) is 2.69. The second-order valence-electron chi connectivity index (χ2n) is 6.57. The highest BCUT2D eigenvalue weighted by atomic mass is 16.7. The van der Waals surface area contributed by atoms with Gasteiger partial charge in [-0.1, -0.05) is 18.2 Å². The zero-order valence-electron chi connectivity index (χ0n) is 16.1. The molecule has 2 amide bonds. The number of carbonyl (C=O) groups excluding carboxylic acids is 2. The summed E-state index contributed by atoms with van der Waals surface area (Å²) in [4.78, 5) is 23.8. The molecule has 0 bridgehead atoms. The number of hydrogen-bond donors (Lipinski definition) is 2. The summed E-state index contributed by atoms with van der Waals surface area (Å²) >= 11 is 0. The molecule has 2 aromatic carbocycles. The number of rotatable bonds is 8. The number of benzene rings is 2. The van der Waals surface area contributed by atoms with Gasteiger partial charge in [0.05, 0.1) is 25.8 Å². The van der Waals surface area contributed by atoms with Crippen molar-refractivity contribution in [2.24, 2.45) is 5.10 Å². The average molecular weight is 397 g/mol. The molecule has 0 unspecified atom stereocenters. The van der Waals surface area contributed by atoms with E-state index in [2.05, 4.69) is 15.8 Å². The number of anilines is 1. The Balaban J connectivity index is 1.40. The molecule has 0 atom stereocenters. The normalized spacial score (nSPS) is 15.2. The number of ether oxygens (including phenoxy) is 3. The molecule has 0 spiro atoms. The van der Waals surface area contributed by atoms with E-state index >= 15 is 0 Å². The van der Waals surface area contributed by atoms with Crippen LogP contribution in [0.5, 0.6) is 5.75 Å². The summed E-state index contributed by atoms with van der Waals surface area (Å²) in [6.07, 6.45) is 1.59. The van der Waals surface area contributed by atoms with Crippen LogP contribution in [0.15, 0.2) is 59.7 Å². The first-order chi connectivity index (χ1) is 14.0. The topological polar surface area (TPSA) is 98.2 Å². The van der Waals surface area contributed by atoms with Crippen molar-refractivity contribution in [3.05, 3.63) is 60.2 Å². The van der Waals surface area contributed by atoms with Gasteiger partial charge in [-0.3, -0.25) is 9.59 Å². The van der Waals surface area contributed by atoms with Gasteiger partial charge in [-0.2, -0.15) is 5.10 Å². The van der Waals surface area contributed by atoms with E-state index in [9.17, 15) is 9.59 Å². The fourth-order valence-corrected chi connectivity index (χ4v) is 2.69. The lowest BCUT2D eigenvalue weighted by atomic mass is 10.2. The van der Waals surface area contributed by atoms with E-state index < -0.39 is 5.79 Å². The van der Waals surface area contributed by atoms with Crippen LogP contribution in [0.25, 0.3) is 0 Å². The second-order valence-corrected chi connectivity index (χ2v) is 6.57. The Morgan fingerprint density at radius 2 is 1.76 bits per heavy atom. The molecule has 2 aromatic rings. The predicted molar refractivity (Wildman–Crippen MR) is 108 cm³/mol. The summed E-state index contributed by atoms with van der Waals surface area (Å²) in [5.74, 6) is -0.868. The van der Waals surface area contributed by atoms with Gasteiger partial charge in [-0.25, -0.2) is 5.43 Å². The molecule has 3 rings (SSSR count). The number of nitrogens with zero attached hydrogens (tertiary/aromatic N) is 1. The largest absolute Gasteiger partial charge is 0.484 e. The number of hydrogen-bond acceptors (Lipinski definition) is 6. The van der Waals surface area contributed by atoms with Crippen LogP contribution >= 0.6 is 0 Å². The van der Waals surface area contributed by atoms with Crippen molar-refractivity contribution in [2.45, 2.75) is 19.1 Å².